The molecule has 0 saturated heterocycles. The third kappa shape index (κ3) is 13.6. The molecule has 0 aliphatic carbocycles. The van der Waals surface area contributed by atoms with Crippen LogP contribution in [0.25, 0.3) is 0 Å². The highest BCUT2D eigenvalue weighted by Gasteiger charge is 2.38. The van der Waals surface area contributed by atoms with Crippen LogP contribution in [0.5, 0.6) is 0 Å². The molecule has 0 unspecified atom stereocenters. The van der Waals surface area contributed by atoms with Crippen molar-refractivity contribution < 1.29 is 56.4 Å². The number of carboxylic acid groups (broad SMARTS) is 2. The summed E-state index contributed by atoms with van der Waals surface area (Å²) >= 11 is 0. The van der Waals surface area contributed by atoms with Gasteiger partial charge in [0.1, 0.15) is 0 Å². The first kappa shape index (κ1) is 32.8. The van der Waals surface area contributed by atoms with Crippen molar-refractivity contribution in [3.63, 3.8) is 0 Å². The van der Waals surface area contributed by atoms with Crippen LogP contribution in [0.4, 0.5) is 26.3 Å². The number of carbonyl (C=O) groups is 2. The lowest BCUT2D eigenvalue weighted by atomic mass is 9.92. The molecule has 2 aromatic rings. The van der Waals surface area contributed by atoms with Gasteiger partial charge < -0.3 is 31.9 Å². The highest BCUT2D eigenvalue weighted by atomic mass is 19.4. The predicted molar refractivity (Wildman–Crippen MR) is 116 cm³/mol. The van der Waals surface area contributed by atoms with E-state index in [0.29, 0.717) is 12.8 Å². The Kier molecular flexibility index (Phi) is 13.7. The van der Waals surface area contributed by atoms with Gasteiger partial charge in [-0.1, -0.05) is 60.7 Å². The van der Waals surface area contributed by atoms with E-state index >= 15 is 0 Å². The van der Waals surface area contributed by atoms with Crippen molar-refractivity contribution in [3.05, 3.63) is 71.8 Å². The van der Waals surface area contributed by atoms with E-state index in [2.05, 4.69) is 0 Å². The third-order valence-corrected chi connectivity index (χ3v) is 4.34. The first-order valence-corrected chi connectivity index (χ1v) is 10.0. The molecule has 8 nitrogen and oxygen atoms in total. The Morgan fingerprint density at radius 3 is 1.06 bits per heavy atom. The Balaban J connectivity index is 0.000000720. The van der Waals surface area contributed by atoms with Gasteiger partial charge in [0.05, 0.1) is 12.2 Å². The van der Waals surface area contributed by atoms with Gasteiger partial charge in [0, 0.05) is 12.1 Å². The monoisotopic (exact) mass is 528 g/mol. The fourth-order valence-corrected chi connectivity index (χ4v) is 2.52. The number of rotatable bonds is 7. The number of nitrogens with two attached hydrogens (primary N) is 2. The zero-order valence-electron chi connectivity index (χ0n) is 18.5. The van der Waals surface area contributed by atoms with Crippen molar-refractivity contribution in [2.24, 2.45) is 11.5 Å². The van der Waals surface area contributed by atoms with Gasteiger partial charge in [0.15, 0.2) is 0 Å². The molecule has 0 aromatic heterocycles. The Labute approximate surface area is 201 Å². The van der Waals surface area contributed by atoms with E-state index < -0.39 is 48.6 Å². The molecule has 0 radical (unpaired) electrons. The maximum atomic E-state index is 10.6. The molecule has 2 aromatic carbocycles. The number of aliphatic carboxylic acids is 2. The summed E-state index contributed by atoms with van der Waals surface area (Å²) in [4.78, 5) is 17.8. The molecule has 0 bridgehead atoms. The third-order valence-electron chi connectivity index (χ3n) is 4.34. The Morgan fingerprint density at radius 1 is 0.639 bits per heavy atom. The number of hydrogen-bond donors (Lipinski definition) is 6. The molecular weight excluding hydrogens is 502 g/mol. The van der Waals surface area contributed by atoms with E-state index in [0.717, 1.165) is 11.1 Å². The van der Waals surface area contributed by atoms with Crippen LogP contribution in [0.2, 0.25) is 0 Å². The highest BCUT2D eigenvalue weighted by Crippen LogP contribution is 2.14. The minimum atomic E-state index is -5.08. The van der Waals surface area contributed by atoms with Crippen LogP contribution < -0.4 is 11.5 Å². The van der Waals surface area contributed by atoms with E-state index in [1.165, 1.54) is 0 Å². The van der Waals surface area contributed by atoms with Crippen molar-refractivity contribution in [2.45, 2.75) is 49.5 Å². The molecule has 0 fully saturated rings. The zero-order valence-corrected chi connectivity index (χ0v) is 18.5. The highest BCUT2D eigenvalue weighted by molar-refractivity contribution is 5.73. The second-order valence-electron chi connectivity index (χ2n) is 7.29. The van der Waals surface area contributed by atoms with Crippen LogP contribution in [0.1, 0.15) is 11.1 Å². The summed E-state index contributed by atoms with van der Waals surface area (Å²) in [6, 6.07) is 18.2. The van der Waals surface area contributed by atoms with E-state index in [-0.39, 0.29) is 0 Å². The van der Waals surface area contributed by atoms with Gasteiger partial charge in [-0.05, 0) is 24.0 Å². The smallest absolute Gasteiger partial charge is 0.475 e. The fourth-order valence-electron chi connectivity index (χ4n) is 2.52. The maximum Gasteiger partial charge on any atom is 0.490 e. The predicted octanol–water partition coefficient (Wildman–Crippen LogP) is 2.11. The van der Waals surface area contributed by atoms with Crippen LogP contribution >= 0.6 is 0 Å². The van der Waals surface area contributed by atoms with Crippen molar-refractivity contribution >= 4 is 11.9 Å². The Morgan fingerprint density at radius 2 is 0.861 bits per heavy atom. The Hall–Kier alpha value is -3.20. The number of aliphatic hydroxyl groups is 2. The summed E-state index contributed by atoms with van der Waals surface area (Å²) in [6.45, 7) is 0. The molecule has 2 rings (SSSR count). The summed E-state index contributed by atoms with van der Waals surface area (Å²) in [5.74, 6) is -5.51. The molecule has 36 heavy (non-hydrogen) atoms. The zero-order chi connectivity index (χ0) is 28.1. The molecule has 0 saturated carbocycles. The molecular formula is C22H26F6N2O6. The first-order chi connectivity index (χ1) is 16.5. The molecule has 0 aliphatic rings. The average Bonchev–Trinajstić information content (AvgIpc) is 2.79. The standard InChI is InChI=1S/C18H24N2O2.2C2HF3O2/c19-15(11-13-7-3-1-4-8-13)17(21)18(22)16(20)12-14-9-5-2-6-10-14;2*3-2(4,5)1(6)7/h1-10,15-18,21-22H,11-12,19-20H2;2*(H,6,7)/t15-,16-,17-,18-;;/m0../s1. The maximum absolute atomic E-state index is 10.6. The van der Waals surface area contributed by atoms with Crippen LogP contribution in [0.15, 0.2) is 60.7 Å². The van der Waals surface area contributed by atoms with Crippen molar-refractivity contribution in [2.75, 3.05) is 0 Å². The van der Waals surface area contributed by atoms with Gasteiger partial charge in [0.25, 0.3) is 0 Å². The summed E-state index contributed by atoms with van der Waals surface area (Å²) in [7, 11) is 0. The molecule has 0 spiro atoms. The molecule has 8 N–H and O–H groups in total. The van der Waals surface area contributed by atoms with Gasteiger partial charge in [0.2, 0.25) is 0 Å². The van der Waals surface area contributed by atoms with E-state index in [4.69, 9.17) is 31.3 Å². The fraction of sp³-hybridized carbons (Fsp3) is 0.364. The Bertz CT molecular complexity index is 837. The topological polar surface area (TPSA) is 167 Å². The van der Waals surface area contributed by atoms with Gasteiger partial charge >= 0.3 is 24.3 Å². The number of aliphatic hydroxyl groups excluding tert-OH is 2. The van der Waals surface area contributed by atoms with E-state index in [1.54, 1.807) is 0 Å². The molecule has 4 atom stereocenters. The second kappa shape index (κ2) is 15.0. The van der Waals surface area contributed by atoms with Crippen LogP contribution in [0, 0.1) is 0 Å². The molecule has 0 amide bonds. The number of benzene rings is 2. The minimum Gasteiger partial charge on any atom is -0.475 e. The van der Waals surface area contributed by atoms with Crippen LogP contribution in [0.3, 0.4) is 0 Å². The molecule has 0 aliphatic heterocycles. The normalized spacial score (nSPS) is 14.6. The van der Waals surface area contributed by atoms with Crippen LogP contribution in [-0.2, 0) is 22.4 Å². The summed E-state index contributed by atoms with van der Waals surface area (Å²) in [5, 5.41) is 34.7. The SMILES string of the molecule is N[C@@H](Cc1ccccc1)[C@H](O)[C@@H](O)[C@@H](N)Cc1ccccc1.O=C(O)C(F)(F)F.O=C(O)C(F)(F)F. The summed E-state index contributed by atoms with van der Waals surface area (Å²) in [5.41, 5.74) is 14.1. The van der Waals surface area contributed by atoms with Crippen LogP contribution in [-0.4, -0.2) is 69.0 Å². The minimum absolute atomic E-state index is 0.497. The molecule has 14 heteroatoms. The van der Waals surface area contributed by atoms with Gasteiger partial charge in [-0.3, -0.25) is 0 Å². The lowest BCUT2D eigenvalue weighted by Gasteiger charge is -2.28. The molecule has 202 valence electrons. The number of alkyl halides is 6. The van der Waals surface area contributed by atoms with E-state index in [9.17, 15) is 36.6 Å². The summed E-state index contributed by atoms with van der Waals surface area (Å²) in [6.07, 6.45) is -11.3. The first-order valence-electron chi connectivity index (χ1n) is 10.0. The summed E-state index contributed by atoms with van der Waals surface area (Å²) < 4.78 is 63.5. The number of hydrogen-bond acceptors (Lipinski definition) is 6. The van der Waals surface area contributed by atoms with Crippen molar-refractivity contribution in [1.29, 1.82) is 0 Å². The van der Waals surface area contributed by atoms with Gasteiger partial charge in [-0.25, -0.2) is 9.59 Å². The number of halogens is 6. The van der Waals surface area contributed by atoms with Gasteiger partial charge in [-0.2, -0.15) is 26.3 Å². The molecule has 0 heterocycles. The number of carboxylic acids is 2. The van der Waals surface area contributed by atoms with Gasteiger partial charge in [-0.15, -0.1) is 0 Å². The second-order valence-corrected chi connectivity index (χ2v) is 7.29. The quantitative estimate of drug-likeness (QED) is 0.297. The van der Waals surface area contributed by atoms with Crippen molar-refractivity contribution in [1.82, 2.24) is 0 Å². The lowest BCUT2D eigenvalue weighted by Crippen LogP contribution is -2.52. The largest absolute Gasteiger partial charge is 0.490 e. The van der Waals surface area contributed by atoms with Crippen molar-refractivity contribution in [3.8, 4) is 0 Å². The average molecular weight is 528 g/mol. The van der Waals surface area contributed by atoms with E-state index in [1.807, 2.05) is 60.7 Å². The lowest BCUT2D eigenvalue weighted by molar-refractivity contribution is -0.193.